The van der Waals surface area contributed by atoms with E-state index >= 15 is 0 Å². The van der Waals surface area contributed by atoms with Crippen LogP contribution in [0.4, 0.5) is 11.4 Å². The quantitative estimate of drug-likeness (QED) is 0.557. The Morgan fingerprint density at radius 1 is 1.03 bits per heavy atom. The zero-order valence-corrected chi connectivity index (χ0v) is 19.1. The Hall–Kier alpha value is -3.17. The fraction of sp³-hybridized carbons (Fsp3) is 0.217. The zero-order valence-electron chi connectivity index (χ0n) is 17.4. The average molecular weight is 470 g/mol. The number of nitrogens with zero attached hydrogens (tertiary/aromatic N) is 1. The topological polar surface area (TPSA) is 95.6 Å². The van der Waals surface area contributed by atoms with Crippen LogP contribution in [0.25, 0.3) is 0 Å². The number of carbonyl (C=O) groups is 2. The van der Waals surface area contributed by atoms with Crippen molar-refractivity contribution in [1.82, 2.24) is 5.32 Å². The Kier molecular flexibility index (Phi) is 6.29. The molecule has 0 fully saturated rings. The summed E-state index contributed by atoms with van der Waals surface area (Å²) in [6, 6.07) is 17.4. The van der Waals surface area contributed by atoms with Gasteiger partial charge in [-0.25, -0.2) is 8.42 Å². The van der Waals surface area contributed by atoms with Gasteiger partial charge in [-0.3, -0.25) is 13.9 Å². The van der Waals surface area contributed by atoms with Gasteiger partial charge < -0.3 is 10.6 Å². The highest BCUT2D eigenvalue weighted by Crippen LogP contribution is 2.35. The molecule has 0 saturated heterocycles. The van der Waals surface area contributed by atoms with E-state index < -0.39 is 21.8 Å². The first kappa shape index (κ1) is 22.0. The van der Waals surface area contributed by atoms with Crippen molar-refractivity contribution in [3.8, 4) is 0 Å². The van der Waals surface area contributed by atoms with Crippen LogP contribution < -0.4 is 14.9 Å². The number of fused-ring (bicyclic) bond motifs is 1. The second-order valence-corrected chi connectivity index (χ2v) is 10.6. The lowest BCUT2D eigenvalue weighted by Gasteiger charge is -2.30. The summed E-state index contributed by atoms with van der Waals surface area (Å²) in [5, 5.41) is 6.99. The normalized spacial score (nSPS) is 14.3. The molecular formula is C23H23N3O4S2. The van der Waals surface area contributed by atoms with E-state index in [4.69, 9.17) is 0 Å². The molecule has 2 amide bonds. The third-order valence-electron chi connectivity index (χ3n) is 5.31. The van der Waals surface area contributed by atoms with Crippen molar-refractivity contribution in [2.24, 2.45) is 0 Å². The average Bonchev–Trinajstić information content (AvgIpc) is 3.35. The van der Waals surface area contributed by atoms with Gasteiger partial charge in [-0.15, -0.1) is 11.3 Å². The van der Waals surface area contributed by atoms with Gasteiger partial charge in [-0.1, -0.05) is 42.5 Å². The van der Waals surface area contributed by atoms with Crippen molar-refractivity contribution in [3.05, 3.63) is 77.2 Å². The van der Waals surface area contributed by atoms with Gasteiger partial charge in [0.15, 0.2) is 0 Å². The van der Waals surface area contributed by atoms with Gasteiger partial charge in [-0.2, -0.15) is 0 Å². The number of aryl methyl sites for hydroxylation is 1. The summed E-state index contributed by atoms with van der Waals surface area (Å²) in [7, 11) is -3.68. The van der Waals surface area contributed by atoms with Crippen LogP contribution in [-0.2, 0) is 26.0 Å². The van der Waals surface area contributed by atoms with Crippen LogP contribution in [0.15, 0.2) is 70.3 Å². The number of rotatable bonds is 5. The maximum Gasteiger partial charge on any atom is 0.313 e. The van der Waals surface area contributed by atoms with Crippen LogP contribution in [-0.4, -0.2) is 26.8 Å². The summed E-state index contributed by atoms with van der Waals surface area (Å²) in [6.45, 7) is 2.16. The Morgan fingerprint density at radius 3 is 2.53 bits per heavy atom. The number of benzene rings is 2. The molecule has 4 rings (SSSR count). The van der Waals surface area contributed by atoms with E-state index in [1.165, 1.54) is 15.6 Å². The van der Waals surface area contributed by atoms with E-state index in [1.807, 2.05) is 30.3 Å². The Bertz CT molecular complexity index is 1230. The molecule has 2 N–H and O–H groups in total. The highest BCUT2D eigenvalue weighted by Gasteiger charge is 2.30. The van der Waals surface area contributed by atoms with Gasteiger partial charge in [0, 0.05) is 12.2 Å². The van der Waals surface area contributed by atoms with E-state index in [-0.39, 0.29) is 10.3 Å². The highest BCUT2D eigenvalue weighted by molar-refractivity contribution is 7.94. The van der Waals surface area contributed by atoms with Crippen molar-refractivity contribution in [1.29, 1.82) is 0 Å². The fourth-order valence-corrected chi connectivity index (χ4v) is 6.30. The van der Waals surface area contributed by atoms with Gasteiger partial charge in [0.05, 0.1) is 11.7 Å². The van der Waals surface area contributed by atoms with Crippen molar-refractivity contribution >= 4 is 44.5 Å². The molecule has 0 saturated carbocycles. The predicted molar refractivity (Wildman–Crippen MR) is 125 cm³/mol. The minimum Gasteiger partial charge on any atom is -0.341 e. The molecule has 32 heavy (non-hydrogen) atoms. The lowest BCUT2D eigenvalue weighted by atomic mass is 10.0. The number of hydrogen-bond donors (Lipinski definition) is 2. The van der Waals surface area contributed by atoms with E-state index in [9.17, 15) is 18.0 Å². The van der Waals surface area contributed by atoms with Gasteiger partial charge in [0.1, 0.15) is 4.21 Å². The first-order valence-electron chi connectivity index (χ1n) is 10.2. The number of sulfonamides is 1. The molecule has 1 aromatic heterocycles. The van der Waals surface area contributed by atoms with Gasteiger partial charge in [-0.05, 0) is 54.5 Å². The number of anilines is 2. The third-order valence-corrected chi connectivity index (χ3v) is 8.50. The van der Waals surface area contributed by atoms with Crippen LogP contribution in [0.2, 0.25) is 0 Å². The van der Waals surface area contributed by atoms with Gasteiger partial charge in [0.25, 0.3) is 10.0 Å². The molecule has 1 atom stereocenters. The molecule has 2 heterocycles. The molecular weight excluding hydrogens is 446 g/mol. The van der Waals surface area contributed by atoms with E-state index in [0.29, 0.717) is 24.3 Å². The van der Waals surface area contributed by atoms with Gasteiger partial charge >= 0.3 is 11.8 Å². The number of hydrogen-bond acceptors (Lipinski definition) is 5. The fourth-order valence-electron chi connectivity index (χ4n) is 3.66. The predicted octanol–water partition coefficient (Wildman–Crippen LogP) is 3.71. The zero-order chi connectivity index (χ0) is 22.7. The lowest BCUT2D eigenvalue weighted by molar-refractivity contribution is -0.136. The van der Waals surface area contributed by atoms with Crippen molar-refractivity contribution in [2.45, 2.75) is 30.0 Å². The maximum atomic E-state index is 13.1. The third kappa shape index (κ3) is 4.53. The summed E-state index contributed by atoms with van der Waals surface area (Å²) in [4.78, 5) is 24.8. The number of thiophene rings is 1. The largest absolute Gasteiger partial charge is 0.341 e. The number of amides is 2. The second-order valence-electron chi connectivity index (χ2n) is 7.52. The molecule has 0 spiro atoms. The highest BCUT2D eigenvalue weighted by atomic mass is 32.2. The van der Waals surface area contributed by atoms with Crippen LogP contribution in [0.5, 0.6) is 0 Å². The summed E-state index contributed by atoms with van der Waals surface area (Å²) in [5.74, 6) is -1.57. The first-order chi connectivity index (χ1) is 15.4. The van der Waals surface area contributed by atoms with E-state index in [2.05, 4.69) is 10.6 Å². The molecule has 0 radical (unpaired) electrons. The lowest BCUT2D eigenvalue weighted by Crippen LogP contribution is -2.37. The first-order valence-corrected chi connectivity index (χ1v) is 12.5. The molecule has 3 aromatic rings. The number of carbonyl (C=O) groups excluding carboxylic acids is 2. The minimum atomic E-state index is -3.68. The van der Waals surface area contributed by atoms with Gasteiger partial charge in [0.2, 0.25) is 0 Å². The van der Waals surface area contributed by atoms with Crippen molar-refractivity contribution in [3.63, 3.8) is 0 Å². The second kappa shape index (κ2) is 9.13. The van der Waals surface area contributed by atoms with Crippen LogP contribution >= 0.6 is 11.3 Å². The molecule has 1 unspecified atom stereocenters. The van der Waals surface area contributed by atoms with Crippen molar-refractivity contribution < 1.29 is 18.0 Å². The summed E-state index contributed by atoms with van der Waals surface area (Å²) in [5.41, 5.74) is 2.67. The molecule has 1 aliphatic rings. The molecule has 0 aliphatic carbocycles. The smallest absolute Gasteiger partial charge is 0.313 e. The Labute approximate surface area is 191 Å². The molecule has 166 valence electrons. The molecule has 9 heteroatoms. The summed E-state index contributed by atoms with van der Waals surface area (Å²) >= 11 is 1.17. The Morgan fingerprint density at radius 2 is 1.81 bits per heavy atom. The Balaban J connectivity index is 1.51. The summed E-state index contributed by atoms with van der Waals surface area (Å²) in [6.07, 6.45) is 1.46. The number of nitrogens with one attached hydrogen (secondary N) is 2. The van der Waals surface area contributed by atoms with Crippen LogP contribution in [0.3, 0.4) is 0 Å². The molecule has 0 bridgehead atoms. The van der Waals surface area contributed by atoms with E-state index in [1.54, 1.807) is 42.6 Å². The molecule has 1 aliphatic heterocycles. The standard InChI is InChI=1S/C23H23N3O4S2/c1-16(17-7-3-2-4-8-17)24-22(27)23(28)25-19-12-11-18-9-5-13-26(20(18)15-19)32(29,30)21-10-6-14-31-21/h2-4,6-8,10-12,14-16H,5,9,13H2,1H3,(H,24,27)(H,25,28). The summed E-state index contributed by atoms with van der Waals surface area (Å²) < 4.78 is 27.8. The minimum absolute atomic E-state index is 0.272. The van der Waals surface area contributed by atoms with Crippen LogP contribution in [0.1, 0.15) is 30.5 Å². The maximum absolute atomic E-state index is 13.1. The van der Waals surface area contributed by atoms with E-state index in [0.717, 1.165) is 17.5 Å². The SMILES string of the molecule is CC(NC(=O)C(=O)Nc1ccc2c(c1)N(S(=O)(=O)c1cccs1)CCC2)c1ccccc1. The molecule has 7 nitrogen and oxygen atoms in total. The van der Waals surface area contributed by atoms with Crippen LogP contribution in [0, 0.1) is 0 Å². The molecule has 2 aromatic carbocycles. The monoisotopic (exact) mass is 469 g/mol. The van der Waals surface area contributed by atoms with Crippen molar-refractivity contribution in [2.75, 3.05) is 16.2 Å².